The van der Waals surface area contributed by atoms with Gasteiger partial charge in [0.15, 0.2) is 11.6 Å². The molecular weight excluding hydrogens is 566 g/mol. The van der Waals surface area contributed by atoms with Crippen LogP contribution in [0.1, 0.15) is 52.0 Å². The number of unbranched alkanes of at least 4 members (excludes halogenated alkanes) is 1. The van der Waals surface area contributed by atoms with E-state index in [4.69, 9.17) is 4.74 Å². The highest BCUT2D eigenvalue weighted by Crippen LogP contribution is 2.27. The van der Waals surface area contributed by atoms with Crippen molar-refractivity contribution < 1.29 is 51.0 Å². The number of carbonyl (C=O) groups is 5. The van der Waals surface area contributed by atoms with Crippen LogP contribution in [-0.4, -0.2) is 42.2 Å². The Morgan fingerprint density at radius 1 is 0.857 bits per heavy atom. The number of ether oxygens (including phenoxy) is 2. The molecule has 0 fully saturated rings. The van der Waals surface area contributed by atoms with E-state index in [9.17, 15) is 41.5 Å². The Balaban J connectivity index is 1.75. The van der Waals surface area contributed by atoms with Crippen molar-refractivity contribution in [3.05, 3.63) is 59.2 Å². The van der Waals surface area contributed by atoms with Gasteiger partial charge in [-0.15, -0.1) is 0 Å². The lowest BCUT2D eigenvalue weighted by Gasteiger charge is -2.21. The lowest BCUT2D eigenvalue weighted by Crippen LogP contribution is -2.51. The Morgan fingerprint density at radius 2 is 1.45 bits per heavy atom. The molecule has 2 aromatic carbocycles. The largest absolute Gasteiger partial charge is 0.461 e. The van der Waals surface area contributed by atoms with Crippen LogP contribution in [0.3, 0.4) is 0 Å². The molecule has 10 nitrogen and oxygen atoms in total. The van der Waals surface area contributed by atoms with Gasteiger partial charge in [-0.3, -0.25) is 24.0 Å². The number of nitrogens with one attached hydrogen (secondary N) is 3. The zero-order valence-corrected chi connectivity index (χ0v) is 23.2. The first-order valence-corrected chi connectivity index (χ1v) is 12.9. The van der Waals surface area contributed by atoms with Crippen molar-refractivity contribution in [2.75, 3.05) is 11.9 Å². The van der Waals surface area contributed by atoms with Crippen LogP contribution in [0, 0.1) is 29.2 Å². The van der Waals surface area contributed by atoms with Gasteiger partial charge in [0.05, 0.1) is 6.54 Å². The van der Waals surface area contributed by atoms with Crippen LogP contribution in [0.2, 0.25) is 0 Å². The number of benzene rings is 2. The number of anilines is 1. The third-order valence-corrected chi connectivity index (χ3v) is 5.69. The molecule has 42 heavy (non-hydrogen) atoms. The predicted molar refractivity (Wildman–Crippen MR) is 141 cm³/mol. The van der Waals surface area contributed by atoms with Crippen molar-refractivity contribution in [3.63, 3.8) is 0 Å². The number of halogens is 4. The van der Waals surface area contributed by atoms with Gasteiger partial charge >= 0.3 is 11.9 Å². The van der Waals surface area contributed by atoms with Crippen molar-refractivity contribution >= 4 is 35.3 Å². The molecule has 3 amide bonds. The summed E-state index contributed by atoms with van der Waals surface area (Å²) in [6, 6.07) is 5.55. The summed E-state index contributed by atoms with van der Waals surface area (Å²) in [6.07, 6.45) is -0.355. The summed E-state index contributed by atoms with van der Waals surface area (Å²) in [6.45, 7) is 4.39. The molecule has 0 aliphatic rings. The standard InChI is InChI=1S/C28H31F4N3O7/c1-15(2)26(28(40)33-13-22(38)34-18-10-8-17(9-11-18)14-41-16(3)36)35-21(37)6-4-5-7-23(39)42-27-24(31)19(29)12-20(30)25(27)32/h8-12,15,26H,4-7,13-14H2,1-3H3,(H,33,40)(H,34,38)(H,35,37). The van der Waals surface area contributed by atoms with E-state index in [2.05, 4.69) is 20.7 Å². The highest BCUT2D eigenvalue weighted by atomic mass is 19.2. The second-order valence-electron chi connectivity index (χ2n) is 9.51. The second-order valence-corrected chi connectivity index (χ2v) is 9.51. The van der Waals surface area contributed by atoms with E-state index in [1.807, 2.05) is 0 Å². The van der Waals surface area contributed by atoms with Gasteiger partial charge in [0.1, 0.15) is 12.6 Å². The average molecular weight is 598 g/mol. The third-order valence-electron chi connectivity index (χ3n) is 5.69. The van der Waals surface area contributed by atoms with Gasteiger partial charge in [0.25, 0.3) is 0 Å². The molecule has 0 spiro atoms. The van der Waals surface area contributed by atoms with Crippen LogP contribution in [0.5, 0.6) is 5.75 Å². The Hall–Kier alpha value is -4.49. The maximum Gasteiger partial charge on any atom is 0.311 e. The first-order chi connectivity index (χ1) is 19.8. The molecule has 0 bridgehead atoms. The zero-order chi connectivity index (χ0) is 31.4. The minimum atomic E-state index is -1.84. The van der Waals surface area contributed by atoms with E-state index >= 15 is 0 Å². The molecule has 3 N–H and O–H groups in total. The van der Waals surface area contributed by atoms with Crippen molar-refractivity contribution in [2.24, 2.45) is 5.92 Å². The quantitative estimate of drug-likeness (QED) is 0.0993. The molecule has 0 heterocycles. The van der Waals surface area contributed by atoms with Gasteiger partial charge in [-0.25, -0.2) is 8.78 Å². The number of amides is 3. The fourth-order valence-electron chi connectivity index (χ4n) is 3.49. The fourth-order valence-corrected chi connectivity index (χ4v) is 3.49. The summed E-state index contributed by atoms with van der Waals surface area (Å²) >= 11 is 0. The molecule has 0 aliphatic heterocycles. The first-order valence-electron chi connectivity index (χ1n) is 12.9. The molecule has 2 aromatic rings. The predicted octanol–water partition coefficient (Wildman–Crippen LogP) is 3.67. The molecule has 2 rings (SSSR count). The highest BCUT2D eigenvalue weighted by molar-refractivity contribution is 5.96. The normalized spacial score (nSPS) is 11.4. The van der Waals surface area contributed by atoms with E-state index in [1.165, 1.54) is 6.92 Å². The highest BCUT2D eigenvalue weighted by Gasteiger charge is 2.25. The maximum atomic E-state index is 13.6. The fraction of sp³-hybridized carbons (Fsp3) is 0.393. The molecule has 0 radical (unpaired) electrons. The van der Waals surface area contributed by atoms with Crippen LogP contribution in [-0.2, 0) is 35.3 Å². The summed E-state index contributed by atoms with van der Waals surface area (Å²) < 4.78 is 63.0. The SMILES string of the molecule is CC(=O)OCc1ccc(NC(=O)CNC(=O)C(NC(=O)CCCCC(=O)Oc2c(F)c(F)cc(F)c2F)C(C)C)cc1. The number of carbonyl (C=O) groups excluding carboxylic acids is 5. The van der Waals surface area contributed by atoms with Gasteiger partial charge in [-0.1, -0.05) is 26.0 Å². The molecule has 14 heteroatoms. The Labute approximate surface area is 239 Å². The van der Waals surface area contributed by atoms with Gasteiger partial charge in [0, 0.05) is 31.5 Å². The smallest absolute Gasteiger partial charge is 0.311 e. The summed E-state index contributed by atoms with van der Waals surface area (Å²) in [5.41, 5.74) is 1.18. The summed E-state index contributed by atoms with van der Waals surface area (Å²) in [5, 5.41) is 7.61. The second kappa shape index (κ2) is 16.1. The van der Waals surface area contributed by atoms with Gasteiger partial charge in [0.2, 0.25) is 35.1 Å². The van der Waals surface area contributed by atoms with Crippen molar-refractivity contribution in [1.82, 2.24) is 10.6 Å². The van der Waals surface area contributed by atoms with Crippen LogP contribution in [0.25, 0.3) is 0 Å². The molecule has 228 valence electrons. The van der Waals surface area contributed by atoms with E-state index in [-0.39, 0.29) is 44.4 Å². The van der Waals surface area contributed by atoms with Crippen LogP contribution in [0.15, 0.2) is 30.3 Å². The molecule has 0 aromatic heterocycles. The van der Waals surface area contributed by atoms with Gasteiger partial charge in [-0.05, 0) is 36.5 Å². The van der Waals surface area contributed by atoms with Crippen LogP contribution < -0.4 is 20.7 Å². The van der Waals surface area contributed by atoms with Crippen LogP contribution in [0.4, 0.5) is 23.2 Å². The summed E-state index contributed by atoms with van der Waals surface area (Å²) in [4.78, 5) is 60.0. The van der Waals surface area contributed by atoms with E-state index in [0.717, 1.165) is 5.56 Å². The topological polar surface area (TPSA) is 140 Å². The third kappa shape index (κ3) is 10.8. The Bertz CT molecular complexity index is 1280. The van der Waals surface area contributed by atoms with Crippen molar-refractivity contribution in [3.8, 4) is 5.75 Å². The molecule has 0 saturated carbocycles. The van der Waals surface area contributed by atoms with E-state index in [0.29, 0.717) is 5.69 Å². The number of esters is 2. The molecular formula is C28H31F4N3O7. The minimum absolute atomic E-state index is 0.0170. The minimum Gasteiger partial charge on any atom is -0.461 e. The first kappa shape index (κ1) is 33.7. The molecule has 1 unspecified atom stereocenters. The van der Waals surface area contributed by atoms with Gasteiger partial charge in [-0.2, -0.15) is 8.78 Å². The van der Waals surface area contributed by atoms with Gasteiger partial charge < -0.3 is 25.4 Å². The monoisotopic (exact) mass is 597 g/mol. The average Bonchev–Trinajstić information content (AvgIpc) is 2.93. The molecule has 0 aliphatic carbocycles. The lowest BCUT2D eigenvalue weighted by atomic mass is 10.0. The van der Waals surface area contributed by atoms with Crippen LogP contribution >= 0.6 is 0 Å². The number of hydrogen-bond donors (Lipinski definition) is 3. The Kier molecular flexibility index (Phi) is 12.9. The maximum absolute atomic E-state index is 13.6. The van der Waals surface area contributed by atoms with E-state index < -0.39 is 71.1 Å². The Morgan fingerprint density at radius 3 is 2.02 bits per heavy atom. The lowest BCUT2D eigenvalue weighted by molar-refractivity contribution is -0.142. The van der Waals surface area contributed by atoms with Crippen molar-refractivity contribution in [1.29, 1.82) is 0 Å². The zero-order valence-electron chi connectivity index (χ0n) is 23.2. The molecule has 1 atom stereocenters. The summed E-state index contributed by atoms with van der Waals surface area (Å²) in [7, 11) is 0. The number of hydrogen-bond acceptors (Lipinski definition) is 7. The van der Waals surface area contributed by atoms with E-state index in [1.54, 1.807) is 38.1 Å². The van der Waals surface area contributed by atoms with Crippen molar-refractivity contribution in [2.45, 2.75) is 59.1 Å². The summed E-state index contributed by atoms with van der Waals surface area (Å²) in [5.74, 6) is -12.2. The number of rotatable bonds is 14. The molecule has 0 saturated heterocycles.